The molecule has 0 bridgehead atoms. The lowest BCUT2D eigenvalue weighted by Gasteiger charge is -2.26. The molecule has 1 aliphatic rings. The van der Waals surface area contributed by atoms with Gasteiger partial charge < -0.3 is 14.4 Å². The topological polar surface area (TPSA) is 89.4 Å². The molecule has 2 aromatic heterocycles. The van der Waals surface area contributed by atoms with E-state index in [1.807, 2.05) is 30.3 Å². The van der Waals surface area contributed by atoms with Crippen LogP contribution in [0.15, 0.2) is 41.3 Å². The number of rotatable bonds is 4. The predicted molar refractivity (Wildman–Crippen MR) is 99.7 cm³/mol. The van der Waals surface area contributed by atoms with Gasteiger partial charge in [0, 0.05) is 24.8 Å². The standard InChI is InChI=1S/C19H20N4O4/c1-26-15-4-2-13(3-5-15)14-10-16-18(20-11-14)21-19(25)23(16)12-17(24)22-6-8-27-9-7-22/h2-5,10-11H,6-9,12H2,1H3,(H,20,21,25). The van der Waals surface area contributed by atoms with Crippen molar-refractivity contribution < 1.29 is 14.3 Å². The highest BCUT2D eigenvalue weighted by atomic mass is 16.5. The minimum Gasteiger partial charge on any atom is -0.497 e. The van der Waals surface area contributed by atoms with Crippen LogP contribution in [0.4, 0.5) is 0 Å². The molecule has 1 saturated heterocycles. The van der Waals surface area contributed by atoms with E-state index in [4.69, 9.17) is 9.47 Å². The Morgan fingerprint density at radius 2 is 1.96 bits per heavy atom. The van der Waals surface area contributed by atoms with Crippen molar-refractivity contribution in [1.82, 2.24) is 19.4 Å². The summed E-state index contributed by atoms with van der Waals surface area (Å²) in [5.74, 6) is 0.665. The van der Waals surface area contributed by atoms with Crippen LogP contribution in [0.25, 0.3) is 22.3 Å². The number of amides is 1. The van der Waals surface area contributed by atoms with E-state index in [1.54, 1.807) is 18.2 Å². The molecule has 3 heterocycles. The summed E-state index contributed by atoms with van der Waals surface area (Å²) in [6.07, 6.45) is 1.70. The number of H-pyrrole nitrogens is 1. The van der Waals surface area contributed by atoms with Crippen LogP contribution in [0.2, 0.25) is 0 Å². The van der Waals surface area contributed by atoms with E-state index in [-0.39, 0.29) is 18.1 Å². The van der Waals surface area contributed by atoms with E-state index < -0.39 is 0 Å². The van der Waals surface area contributed by atoms with E-state index in [0.29, 0.717) is 37.5 Å². The van der Waals surface area contributed by atoms with E-state index in [1.165, 1.54) is 4.57 Å². The van der Waals surface area contributed by atoms with Gasteiger partial charge in [-0.15, -0.1) is 0 Å². The fraction of sp³-hybridized carbons (Fsp3) is 0.316. The van der Waals surface area contributed by atoms with Crippen LogP contribution in [0.3, 0.4) is 0 Å². The molecule has 0 aliphatic carbocycles. The lowest BCUT2D eigenvalue weighted by molar-refractivity contribution is -0.135. The van der Waals surface area contributed by atoms with E-state index in [9.17, 15) is 9.59 Å². The molecule has 27 heavy (non-hydrogen) atoms. The number of nitrogens with zero attached hydrogens (tertiary/aromatic N) is 3. The highest BCUT2D eigenvalue weighted by Gasteiger charge is 2.19. The summed E-state index contributed by atoms with van der Waals surface area (Å²) < 4.78 is 11.9. The first-order valence-corrected chi connectivity index (χ1v) is 8.74. The molecule has 0 radical (unpaired) electrons. The number of carbonyl (C=O) groups excluding carboxylic acids is 1. The van der Waals surface area contributed by atoms with Crippen molar-refractivity contribution in [3.8, 4) is 16.9 Å². The average molecular weight is 368 g/mol. The Hall–Kier alpha value is -3.13. The quantitative estimate of drug-likeness (QED) is 0.749. The summed E-state index contributed by atoms with van der Waals surface area (Å²) in [6.45, 7) is 2.12. The number of nitrogens with one attached hydrogen (secondary N) is 1. The number of morpholine rings is 1. The van der Waals surface area contributed by atoms with Gasteiger partial charge in [0.2, 0.25) is 5.91 Å². The van der Waals surface area contributed by atoms with Crippen molar-refractivity contribution in [3.63, 3.8) is 0 Å². The van der Waals surface area contributed by atoms with Crippen LogP contribution in [0.1, 0.15) is 0 Å². The molecule has 1 amide bonds. The summed E-state index contributed by atoms with van der Waals surface area (Å²) in [5.41, 5.74) is 2.54. The van der Waals surface area contributed by atoms with Gasteiger partial charge in [0.05, 0.1) is 25.8 Å². The molecule has 8 nitrogen and oxygen atoms in total. The van der Waals surface area contributed by atoms with Crippen LogP contribution in [0.5, 0.6) is 5.75 Å². The Labute approximate surface area is 155 Å². The highest BCUT2D eigenvalue weighted by Crippen LogP contribution is 2.24. The molecule has 0 saturated carbocycles. The molecule has 1 aliphatic heterocycles. The number of aromatic amines is 1. The maximum absolute atomic E-state index is 12.5. The zero-order chi connectivity index (χ0) is 18.8. The number of carbonyl (C=O) groups is 1. The van der Waals surface area contributed by atoms with Gasteiger partial charge in [0.1, 0.15) is 12.3 Å². The van der Waals surface area contributed by atoms with Crippen molar-refractivity contribution in [2.24, 2.45) is 0 Å². The molecular weight excluding hydrogens is 348 g/mol. The summed E-state index contributed by atoms with van der Waals surface area (Å²) in [4.78, 5) is 33.7. The number of fused-ring (bicyclic) bond motifs is 1. The normalized spacial score (nSPS) is 14.5. The average Bonchev–Trinajstić information content (AvgIpc) is 3.03. The number of benzene rings is 1. The van der Waals surface area contributed by atoms with Crippen molar-refractivity contribution in [2.45, 2.75) is 6.54 Å². The van der Waals surface area contributed by atoms with E-state index in [0.717, 1.165) is 16.9 Å². The highest BCUT2D eigenvalue weighted by molar-refractivity contribution is 5.82. The smallest absolute Gasteiger partial charge is 0.328 e. The number of methoxy groups -OCH3 is 1. The monoisotopic (exact) mass is 368 g/mol. The number of hydrogen-bond acceptors (Lipinski definition) is 5. The first-order valence-electron chi connectivity index (χ1n) is 8.74. The Kier molecular flexibility index (Phi) is 4.64. The van der Waals surface area contributed by atoms with Crippen LogP contribution in [0, 0.1) is 0 Å². The van der Waals surface area contributed by atoms with E-state index in [2.05, 4.69) is 9.97 Å². The molecule has 1 aromatic carbocycles. The minimum atomic E-state index is -0.342. The first-order chi connectivity index (χ1) is 13.2. The first kappa shape index (κ1) is 17.3. The van der Waals surface area contributed by atoms with Crippen LogP contribution >= 0.6 is 0 Å². The Morgan fingerprint density at radius 3 is 2.67 bits per heavy atom. The third-order valence-electron chi connectivity index (χ3n) is 4.71. The largest absolute Gasteiger partial charge is 0.497 e. The van der Waals surface area contributed by atoms with Crippen LogP contribution < -0.4 is 10.4 Å². The SMILES string of the molecule is COc1ccc(-c2cnc3[nH]c(=O)n(CC(=O)N4CCOCC4)c3c2)cc1. The van der Waals surface area contributed by atoms with Gasteiger partial charge in [-0.05, 0) is 23.8 Å². The molecule has 0 atom stereocenters. The van der Waals surface area contributed by atoms with Gasteiger partial charge in [-0.3, -0.25) is 14.3 Å². The second kappa shape index (κ2) is 7.24. The number of pyridine rings is 1. The summed E-state index contributed by atoms with van der Waals surface area (Å²) in [5, 5.41) is 0. The Morgan fingerprint density at radius 1 is 1.22 bits per heavy atom. The molecule has 0 spiro atoms. The zero-order valence-electron chi connectivity index (χ0n) is 15.0. The summed E-state index contributed by atoms with van der Waals surface area (Å²) in [6, 6.07) is 9.46. The van der Waals surface area contributed by atoms with Gasteiger partial charge in [0.25, 0.3) is 0 Å². The van der Waals surface area contributed by atoms with Crippen LogP contribution in [-0.2, 0) is 16.1 Å². The Bertz CT molecular complexity index is 1020. The number of hydrogen-bond donors (Lipinski definition) is 1. The molecule has 4 rings (SSSR count). The second-order valence-corrected chi connectivity index (χ2v) is 6.33. The number of aromatic nitrogens is 3. The van der Waals surface area contributed by atoms with Crippen molar-refractivity contribution in [1.29, 1.82) is 0 Å². The lowest BCUT2D eigenvalue weighted by Crippen LogP contribution is -2.43. The van der Waals surface area contributed by atoms with Gasteiger partial charge in [0.15, 0.2) is 5.65 Å². The van der Waals surface area contributed by atoms with Gasteiger partial charge in [-0.1, -0.05) is 12.1 Å². The molecule has 0 unspecified atom stereocenters. The Balaban J connectivity index is 1.66. The van der Waals surface area contributed by atoms with Gasteiger partial charge in [-0.2, -0.15) is 0 Å². The van der Waals surface area contributed by atoms with Gasteiger partial charge >= 0.3 is 5.69 Å². The second-order valence-electron chi connectivity index (χ2n) is 6.33. The maximum Gasteiger partial charge on any atom is 0.328 e. The molecule has 3 aromatic rings. The number of ether oxygens (including phenoxy) is 2. The van der Waals surface area contributed by atoms with Gasteiger partial charge in [-0.25, -0.2) is 9.78 Å². The molecule has 1 N–H and O–H groups in total. The van der Waals surface area contributed by atoms with Crippen molar-refractivity contribution >= 4 is 17.1 Å². The third kappa shape index (κ3) is 3.43. The molecule has 8 heteroatoms. The third-order valence-corrected chi connectivity index (χ3v) is 4.71. The predicted octanol–water partition coefficient (Wildman–Crippen LogP) is 1.26. The molecule has 1 fully saturated rings. The molecule has 140 valence electrons. The maximum atomic E-state index is 12.5. The lowest BCUT2D eigenvalue weighted by atomic mass is 10.1. The van der Waals surface area contributed by atoms with Crippen LogP contribution in [-0.4, -0.2) is 58.8 Å². The summed E-state index contributed by atoms with van der Waals surface area (Å²) in [7, 11) is 1.62. The number of imidazole rings is 1. The molecular formula is C19H20N4O4. The fourth-order valence-corrected chi connectivity index (χ4v) is 3.18. The minimum absolute atomic E-state index is 0.0213. The fourth-order valence-electron chi connectivity index (χ4n) is 3.18. The van der Waals surface area contributed by atoms with E-state index >= 15 is 0 Å². The summed E-state index contributed by atoms with van der Waals surface area (Å²) >= 11 is 0. The van der Waals surface area contributed by atoms with Crippen molar-refractivity contribution in [3.05, 3.63) is 47.0 Å². The van der Waals surface area contributed by atoms with Crippen molar-refractivity contribution in [2.75, 3.05) is 33.4 Å². The zero-order valence-corrected chi connectivity index (χ0v) is 15.0.